The van der Waals surface area contributed by atoms with Crippen LogP contribution in [0.3, 0.4) is 0 Å². The molecule has 0 aromatic carbocycles. The number of ketones is 1. The Kier molecular flexibility index (Phi) is 3.64. The van der Waals surface area contributed by atoms with Crippen LogP contribution in [0.25, 0.3) is 0 Å². The lowest BCUT2D eigenvalue weighted by Crippen LogP contribution is -2.26. The van der Waals surface area contributed by atoms with Crippen LogP contribution in [0.1, 0.15) is 10.5 Å². The number of hydrogen-bond donors (Lipinski definition) is 0. The highest BCUT2D eigenvalue weighted by Crippen LogP contribution is 2.28. The molecule has 1 saturated heterocycles. The molecule has 0 aliphatic carbocycles. The predicted molar refractivity (Wildman–Crippen MR) is 66.1 cm³/mol. The molecule has 1 fully saturated rings. The van der Waals surface area contributed by atoms with Gasteiger partial charge in [-0.05, 0) is 0 Å². The molecule has 82 valence electrons. The maximum atomic E-state index is 12.1. The molecule has 0 N–H and O–H groups in total. The Labute approximate surface area is 102 Å². The summed E-state index contributed by atoms with van der Waals surface area (Å²) in [6.07, 6.45) is 1.52. The summed E-state index contributed by atoms with van der Waals surface area (Å²) in [6, 6.07) is 0. The third-order valence-corrected chi connectivity index (χ3v) is 5.27. The number of thioether (sulfide) groups is 2. The van der Waals surface area contributed by atoms with Gasteiger partial charge in [0.2, 0.25) is 0 Å². The molecule has 0 spiro atoms. The highest BCUT2D eigenvalue weighted by atomic mass is 35.5. The fourth-order valence-corrected chi connectivity index (χ4v) is 4.35. The normalized spacial score (nSPS) is 21.6. The van der Waals surface area contributed by atoms with Gasteiger partial charge in [-0.2, -0.15) is 16.9 Å². The van der Waals surface area contributed by atoms with Crippen LogP contribution in [0.2, 0.25) is 5.02 Å². The first-order valence-electron chi connectivity index (χ1n) is 4.61. The zero-order valence-corrected chi connectivity index (χ0v) is 10.7. The second-order valence-electron chi connectivity index (χ2n) is 3.26. The smallest absolute Gasteiger partial charge is 0.196 e. The molecule has 1 aromatic heterocycles. The Balaban J connectivity index is 2.19. The maximum absolute atomic E-state index is 12.1. The monoisotopic (exact) mass is 262 g/mol. The van der Waals surface area contributed by atoms with Crippen LogP contribution in [0.5, 0.6) is 0 Å². The minimum Gasteiger partial charge on any atom is -0.291 e. The van der Waals surface area contributed by atoms with Crippen molar-refractivity contribution in [2.45, 2.75) is 5.25 Å². The third-order valence-electron chi connectivity index (χ3n) is 2.24. The highest BCUT2D eigenvalue weighted by molar-refractivity contribution is 8.07. The van der Waals surface area contributed by atoms with E-state index in [2.05, 4.69) is 5.10 Å². The van der Waals surface area contributed by atoms with Gasteiger partial charge in [0.1, 0.15) is 5.69 Å². The van der Waals surface area contributed by atoms with Gasteiger partial charge in [0.15, 0.2) is 5.78 Å². The van der Waals surface area contributed by atoms with E-state index in [0.29, 0.717) is 10.7 Å². The van der Waals surface area contributed by atoms with Crippen molar-refractivity contribution in [2.75, 3.05) is 17.3 Å². The Morgan fingerprint density at radius 3 is 3.00 bits per heavy atom. The highest BCUT2D eigenvalue weighted by Gasteiger charge is 2.27. The first-order valence-corrected chi connectivity index (χ1v) is 7.19. The lowest BCUT2D eigenvalue weighted by Gasteiger charge is -2.19. The standard InChI is InChI=1S/C9H11ClN2OS2/c1-12-8(6(10)4-11-12)9(13)7-5-14-2-3-15-7/h4,7H,2-3,5H2,1H3. The number of carbonyl (C=O) groups excluding carboxylic acids is 1. The topological polar surface area (TPSA) is 34.9 Å². The van der Waals surface area contributed by atoms with E-state index in [1.807, 2.05) is 11.8 Å². The molecule has 6 heteroatoms. The van der Waals surface area contributed by atoms with Crippen LogP contribution in [0.15, 0.2) is 6.20 Å². The molecule has 1 aliphatic heterocycles. The molecule has 0 bridgehead atoms. The van der Waals surface area contributed by atoms with Crippen molar-refractivity contribution < 1.29 is 4.79 Å². The van der Waals surface area contributed by atoms with Crippen molar-refractivity contribution in [1.29, 1.82) is 0 Å². The summed E-state index contributed by atoms with van der Waals surface area (Å²) in [4.78, 5) is 12.1. The van der Waals surface area contributed by atoms with Gasteiger partial charge in [0.05, 0.1) is 16.5 Å². The van der Waals surface area contributed by atoms with Crippen LogP contribution in [-0.4, -0.2) is 38.1 Å². The molecule has 0 saturated carbocycles. The summed E-state index contributed by atoms with van der Waals surface area (Å²) in [5, 5.41) is 4.48. The lowest BCUT2D eigenvalue weighted by molar-refractivity contribution is 0.0986. The molecule has 2 heterocycles. The average molecular weight is 263 g/mol. The van der Waals surface area contributed by atoms with Gasteiger partial charge < -0.3 is 0 Å². The molecule has 1 unspecified atom stereocenters. The first kappa shape index (κ1) is 11.4. The van der Waals surface area contributed by atoms with Crippen molar-refractivity contribution in [1.82, 2.24) is 9.78 Å². The fraction of sp³-hybridized carbons (Fsp3) is 0.556. The summed E-state index contributed by atoms with van der Waals surface area (Å²) < 4.78 is 1.56. The van der Waals surface area contributed by atoms with Crippen LogP contribution < -0.4 is 0 Å². The van der Waals surface area contributed by atoms with E-state index < -0.39 is 0 Å². The van der Waals surface area contributed by atoms with Gasteiger partial charge in [0.25, 0.3) is 0 Å². The zero-order valence-electron chi connectivity index (χ0n) is 8.27. The van der Waals surface area contributed by atoms with Gasteiger partial charge >= 0.3 is 0 Å². The second-order valence-corrected chi connectivity index (χ2v) is 6.13. The molecule has 0 radical (unpaired) electrons. The second kappa shape index (κ2) is 4.80. The number of aryl methyl sites for hydroxylation is 1. The quantitative estimate of drug-likeness (QED) is 0.765. The van der Waals surface area contributed by atoms with E-state index in [0.717, 1.165) is 17.3 Å². The van der Waals surface area contributed by atoms with E-state index in [4.69, 9.17) is 11.6 Å². The van der Waals surface area contributed by atoms with E-state index in [1.165, 1.54) is 6.20 Å². The molecular formula is C9H11ClN2OS2. The Morgan fingerprint density at radius 2 is 2.47 bits per heavy atom. The van der Waals surface area contributed by atoms with Crippen LogP contribution >= 0.6 is 35.1 Å². The number of rotatable bonds is 2. The third kappa shape index (κ3) is 2.34. The van der Waals surface area contributed by atoms with Gasteiger partial charge in [-0.3, -0.25) is 9.48 Å². The largest absolute Gasteiger partial charge is 0.291 e. The molecule has 2 rings (SSSR count). The Morgan fingerprint density at radius 1 is 1.67 bits per heavy atom. The zero-order chi connectivity index (χ0) is 10.8. The minimum atomic E-state index is 0.0386. The fourth-order valence-electron chi connectivity index (χ4n) is 1.48. The number of nitrogens with zero attached hydrogens (tertiary/aromatic N) is 2. The van der Waals surface area contributed by atoms with Crippen LogP contribution in [0.4, 0.5) is 0 Å². The molecule has 3 nitrogen and oxygen atoms in total. The van der Waals surface area contributed by atoms with E-state index in [9.17, 15) is 4.79 Å². The number of halogens is 1. The Bertz CT molecular complexity index is 355. The number of carbonyl (C=O) groups is 1. The minimum absolute atomic E-state index is 0.0386. The predicted octanol–water partition coefficient (Wildman–Crippen LogP) is 2.10. The summed E-state index contributed by atoms with van der Waals surface area (Å²) in [5.74, 6) is 3.16. The lowest BCUT2D eigenvalue weighted by atomic mass is 10.2. The van der Waals surface area contributed by atoms with E-state index in [1.54, 1.807) is 23.5 Å². The van der Waals surface area contributed by atoms with E-state index in [-0.39, 0.29) is 11.0 Å². The van der Waals surface area contributed by atoms with Crippen molar-refractivity contribution in [3.63, 3.8) is 0 Å². The van der Waals surface area contributed by atoms with E-state index >= 15 is 0 Å². The molecule has 15 heavy (non-hydrogen) atoms. The van der Waals surface area contributed by atoms with Gasteiger partial charge in [-0.1, -0.05) is 11.6 Å². The SMILES string of the molecule is Cn1ncc(Cl)c1C(=O)C1CSCCS1. The molecule has 1 aliphatic rings. The van der Waals surface area contributed by atoms with Crippen molar-refractivity contribution in [2.24, 2.45) is 7.05 Å². The number of aromatic nitrogens is 2. The van der Waals surface area contributed by atoms with Gasteiger partial charge in [-0.15, -0.1) is 11.8 Å². The molecule has 1 atom stereocenters. The van der Waals surface area contributed by atoms with Crippen molar-refractivity contribution >= 4 is 40.9 Å². The summed E-state index contributed by atoms with van der Waals surface area (Å²) in [5.41, 5.74) is 0.539. The summed E-state index contributed by atoms with van der Waals surface area (Å²) >= 11 is 9.48. The number of Topliss-reactive ketones (excluding diaryl/α,β-unsaturated/α-hetero) is 1. The van der Waals surface area contributed by atoms with Crippen molar-refractivity contribution in [3.05, 3.63) is 16.9 Å². The summed E-state index contributed by atoms with van der Waals surface area (Å²) in [6.45, 7) is 0. The Hall–Kier alpha value is -0.130. The van der Waals surface area contributed by atoms with Crippen LogP contribution in [0, 0.1) is 0 Å². The maximum Gasteiger partial charge on any atom is 0.196 e. The average Bonchev–Trinajstić information content (AvgIpc) is 2.59. The number of hydrogen-bond acceptors (Lipinski definition) is 4. The van der Waals surface area contributed by atoms with Crippen LogP contribution in [-0.2, 0) is 7.05 Å². The van der Waals surface area contributed by atoms with Gasteiger partial charge in [0, 0.05) is 24.3 Å². The first-order chi connectivity index (χ1) is 7.20. The molecule has 0 amide bonds. The summed E-state index contributed by atoms with van der Waals surface area (Å²) in [7, 11) is 1.75. The van der Waals surface area contributed by atoms with Crippen molar-refractivity contribution in [3.8, 4) is 0 Å². The molecular weight excluding hydrogens is 252 g/mol. The van der Waals surface area contributed by atoms with Gasteiger partial charge in [-0.25, -0.2) is 0 Å². The molecule has 1 aromatic rings.